The van der Waals surface area contributed by atoms with Gasteiger partial charge in [0.15, 0.2) is 7.14 Å². The fourth-order valence-corrected chi connectivity index (χ4v) is 6.34. The maximum atomic E-state index is 13.8. The van der Waals surface area contributed by atoms with Crippen molar-refractivity contribution in [3.63, 3.8) is 0 Å². The van der Waals surface area contributed by atoms with Gasteiger partial charge in [-0.05, 0) is 18.6 Å². The van der Waals surface area contributed by atoms with Crippen LogP contribution in [0.4, 0.5) is 0 Å². The molecular formula is C21H25Cl2O2P. The molecule has 2 aromatic carbocycles. The average molecular weight is 411 g/mol. The van der Waals surface area contributed by atoms with Crippen LogP contribution in [0.1, 0.15) is 55.8 Å². The Labute approximate surface area is 166 Å². The molecule has 0 radical (unpaired) electrons. The minimum absolute atomic E-state index is 0.175. The molecule has 0 heterocycles. The number of rotatable bonds is 10. The topological polar surface area (TPSA) is 34.1 Å². The van der Waals surface area contributed by atoms with E-state index in [0.29, 0.717) is 11.5 Å². The second-order valence-electron chi connectivity index (χ2n) is 6.47. The number of carbonyl (C=O) groups excluding carboxylic acids is 1. The molecule has 0 aliphatic carbocycles. The monoisotopic (exact) mass is 410 g/mol. The van der Waals surface area contributed by atoms with Crippen LogP contribution in [-0.4, -0.2) is 11.7 Å². The molecule has 0 saturated carbocycles. The van der Waals surface area contributed by atoms with Gasteiger partial charge < -0.3 is 4.57 Å². The third kappa shape index (κ3) is 5.22. The molecule has 0 fully saturated rings. The second-order valence-corrected chi connectivity index (χ2v) is 10.1. The molecule has 2 rings (SSSR count). The van der Waals surface area contributed by atoms with Crippen molar-refractivity contribution in [2.45, 2.75) is 45.4 Å². The maximum Gasteiger partial charge on any atom is 0.228 e. The lowest BCUT2D eigenvalue weighted by molar-refractivity contribution is 0.107. The minimum Gasteiger partial charge on any atom is -0.310 e. The third-order valence-electron chi connectivity index (χ3n) is 4.50. The Morgan fingerprint density at radius 1 is 0.846 bits per heavy atom. The van der Waals surface area contributed by atoms with Crippen molar-refractivity contribution in [1.82, 2.24) is 0 Å². The molecule has 5 heteroatoms. The lowest BCUT2D eigenvalue weighted by atomic mass is 10.1. The van der Waals surface area contributed by atoms with E-state index < -0.39 is 12.7 Å². The van der Waals surface area contributed by atoms with Gasteiger partial charge in [0.2, 0.25) is 5.52 Å². The zero-order chi connectivity index (χ0) is 19.0. The Bertz CT molecular complexity index is 755. The van der Waals surface area contributed by atoms with E-state index in [1.807, 2.05) is 18.2 Å². The zero-order valence-corrected chi connectivity index (χ0v) is 17.5. The molecule has 140 valence electrons. The molecule has 2 nitrogen and oxygen atoms in total. The highest BCUT2D eigenvalue weighted by atomic mass is 35.5. The number of benzene rings is 2. The summed E-state index contributed by atoms with van der Waals surface area (Å²) in [6.45, 7) is 2.18. The summed E-state index contributed by atoms with van der Waals surface area (Å²) < 4.78 is 13.8. The summed E-state index contributed by atoms with van der Waals surface area (Å²) in [5.74, 6) is 0. The Kier molecular flexibility index (Phi) is 8.41. The Hall–Kier alpha value is -1.08. The third-order valence-corrected chi connectivity index (χ3v) is 8.09. The minimum atomic E-state index is -3.30. The fraction of sp³-hybridized carbons (Fsp3) is 0.381. The van der Waals surface area contributed by atoms with E-state index in [1.165, 1.54) is 19.3 Å². The van der Waals surface area contributed by atoms with E-state index in [-0.39, 0.29) is 15.6 Å². The average Bonchev–Trinajstić information content (AvgIpc) is 2.65. The first kappa shape index (κ1) is 21.2. The van der Waals surface area contributed by atoms with Crippen molar-refractivity contribution in [3.8, 4) is 0 Å². The van der Waals surface area contributed by atoms with Gasteiger partial charge in [0.25, 0.3) is 0 Å². The number of unbranched alkanes of at least 4 members (excludes halogenated alkanes) is 5. The Morgan fingerprint density at radius 3 is 2.04 bits per heavy atom. The van der Waals surface area contributed by atoms with E-state index in [2.05, 4.69) is 6.92 Å². The van der Waals surface area contributed by atoms with Gasteiger partial charge in [0, 0.05) is 11.5 Å². The highest BCUT2D eigenvalue weighted by molar-refractivity contribution is 7.87. The van der Waals surface area contributed by atoms with Crippen LogP contribution < -0.4 is 5.30 Å². The summed E-state index contributed by atoms with van der Waals surface area (Å²) >= 11 is 12.4. The highest BCUT2D eigenvalue weighted by Crippen LogP contribution is 2.50. The zero-order valence-electron chi connectivity index (χ0n) is 15.1. The van der Waals surface area contributed by atoms with Gasteiger partial charge >= 0.3 is 0 Å². The largest absolute Gasteiger partial charge is 0.310 e. The van der Waals surface area contributed by atoms with Crippen molar-refractivity contribution in [2.75, 3.05) is 6.16 Å². The summed E-state index contributed by atoms with van der Waals surface area (Å²) in [5.41, 5.74) is -0.262. The predicted octanol–water partition coefficient (Wildman–Crippen LogP) is 7.18. The van der Waals surface area contributed by atoms with Crippen molar-refractivity contribution in [1.29, 1.82) is 0 Å². The SMILES string of the molecule is CCCCCCCCP(=O)(C(=O)c1c(Cl)cccc1Cl)c1ccccc1. The van der Waals surface area contributed by atoms with Crippen LogP contribution in [0.5, 0.6) is 0 Å². The van der Waals surface area contributed by atoms with Gasteiger partial charge in [-0.1, -0.05) is 98.6 Å². The predicted molar refractivity (Wildman–Crippen MR) is 113 cm³/mol. The molecule has 0 spiro atoms. The number of halogens is 2. The lowest BCUT2D eigenvalue weighted by Gasteiger charge is -2.19. The Balaban J connectivity index is 2.27. The van der Waals surface area contributed by atoms with Gasteiger partial charge in [-0.15, -0.1) is 0 Å². The van der Waals surface area contributed by atoms with Crippen molar-refractivity contribution in [2.24, 2.45) is 0 Å². The normalized spacial score (nSPS) is 13.3. The summed E-state index contributed by atoms with van der Waals surface area (Å²) in [6, 6.07) is 13.9. The number of carbonyl (C=O) groups is 1. The van der Waals surface area contributed by atoms with E-state index in [4.69, 9.17) is 23.2 Å². The molecule has 0 amide bonds. The second kappa shape index (κ2) is 10.3. The van der Waals surface area contributed by atoms with E-state index in [1.54, 1.807) is 30.3 Å². The van der Waals surface area contributed by atoms with Crippen LogP contribution >= 0.6 is 30.3 Å². The van der Waals surface area contributed by atoms with Crippen LogP contribution in [-0.2, 0) is 4.57 Å². The summed E-state index contributed by atoms with van der Waals surface area (Å²) in [5, 5.41) is 1.08. The number of hydrogen-bond acceptors (Lipinski definition) is 2. The molecule has 0 N–H and O–H groups in total. The molecule has 0 aliphatic heterocycles. The number of hydrogen-bond donors (Lipinski definition) is 0. The molecule has 1 atom stereocenters. The van der Waals surface area contributed by atoms with Crippen molar-refractivity contribution >= 4 is 41.2 Å². The van der Waals surface area contributed by atoms with Crippen LogP contribution in [0.2, 0.25) is 10.0 Å². The first-order chi connectivity index (χ1) is 12.5. The van der Waals surface area contributed by atoms with E-state index in [0.717, 1.165) is 19.3 Å². The lowest BCUT2D eigenvalue weighted by Crippen LogP contribution is -2.17. The Morgan fingerprint density at radius 2 is 1.42 bits per heavy atom. The van der Waals surface area contributed by atoms with Crippen molar-refractivity contribution in [3.05, 3.63) is 64.1 Å². The standard InChI is InChI=1S/C21H25Cl2O2P/c1-2-3-4-5-6-10-16-26(25,17-12-8-7-9-13-17)21(24)20-18(22)14-11-15-19(20)23/h7-9,11-15H,2-6,10,16H2,1H3. The highest BCUT2D eigenvalue weighted by Gasteiger charge is 2.36. The molecule has 0 aromatic heterocycles. The van der Waals surface area contributed by atoms with Gasteiger partial charge in [-0.3, -0.25) is 4.79 Å². The first-order valence-corrected chi connectivity index (χ1v) is 11.8. The summed E-state index contributed by atoms with van der Waals surface area (Å²) in [7, 11) is -3.30. The molecule has 0 aliphatic rings. The summed E-state index contributed by atoms with van der Waals surface area (Å²) in [4.78, 5) is 13.2. The molecule has 0 saturated heterocycles. The van der Waals surface area contributed by atoms with Crippen LogP contribution in [0.15, 0.2) is 48.5 Å². The quantitative estimate of drug-likeness (QED) is 0.306. The van der Waals surface area contributed by atoms with Crippen molar-refractivity contribution < 1.29 is 9.36 Å². The van der Waals surface area contributed by atoms with Crippen LogP contribution in [0.25, 0.3) is 0 Å². The van der Waals surface area contributed by atoms with Crippen LogP contribution in [0.3, 0.4) is 0 Å². The first-order valence-electron chi connectivity index (χ1n) is 9.14. The van der Waals surface area contributed by atoms with E-state index >= 15 is 0 Å². The van der Waals surface area contributed by atoms with Gasteiger partial charge in [-0.25, -0.2) is 0 Å². The fourth-order valence-electron chi connectivity index (χ4n) is 3.01. The molecule has 1 unspecified atom stereocenters. The smallest absolute Gasteiger partial charge is 0.228 e. The van der Waals surface area contributed by atoms with Gasteiger partial charge in [-0.2, -0.15) is 0 Å². The van der Waals surface area contributed by atoms with Gasteiger partial charge in [0.05, 0.1) is 15.6 Å². The van der Waals surface area contributed by atoms with Crippen LogP contribution in [0, 0.1) is 0 Å². The van der Waals surface area contributed by atoms with E-state index in [9.17, 15) is 9.36 Å². The molecular weight excluding hydrogens is 386 g/mol. The summed E-state index contributed by atoms with van der Waals surface area (Å²) in [6.07, 6.45) is 6.75. The maximum absolute atomic E-state index is 13.8. The van der Waals surface area contributed by atoms with Gasteiger partial charge in [0.1, 0.15) is 0 Å². The molecule has 26 heavy (non-hydrogen) atoms. The molecule has 0 bridgehead atoms. The molecule has 2 aromatic rings.